The third kappa shape index (κ3) is 3.44. The normalized spacial score (nSPS) is 15.4. The van der Waals surface area contributed by atoms with Gasteiger partial charge < -0.3 is 15.3 Å². The molecule has 0 aliphatic carbocycles. The van der Waals surface area contributed by atoms with E-state index in [1.54, 1.807) is 24.3 Å². The average molecular weight is 316 g/mol. The molecule has 3 N–H and O–H groups in total. The maximum absolute atomic E-state index is 12.3. The zero-order valence-corrected chi connectivity index (χ0v) is 12.3. The summed E-state index contributed by atoms with van der Waals surface area (Å²) in [6.07, 6.45) is 0.313. The van der Waals surface area contributed by atoms with E-state index in [9.17, 15) is 9.59 Å². The zero-order valence-electron chi connectivity index (χ0n) is 12.3. The molecule has 0 spiro atoms. The number of amides is 2. The van der Waals surface area contributed by atoms with Crippen LogP contribution in [0.3, 0.4) is 0 Å². The third-order valence-corrected chi connectivity index (χ3v) is 3.83. The van der Waals surface area contributed by atoms with E-state index in [-0.39, 0.29) is 11.9 Å². The van der Waals surface area contributed by atoms with Gasteiger partial charge in [0, 0.05) is 30.3 Å². The van der Waals surface area contributed by atoms with Gasteiger partial charge >= 0.3 is 6.09 Å². The molecule has 9 heteroatoms. The molecule has 0 saturated carbocycles. The first-order valence-electron chi connectivity index (χ1n) is 7.26. The predicted molar refractivity (Wildman–Crippen MR) is 79.7 cm³/mol. The van der Waals surface area contributed by atoms with Gasteiger partial charge in [-0.15, -0.1) is 10.2 Å². The van der Waals surface area contributed by atoms with Gasteiger partial charge in [0.05, 0.1) is 0 Å². The minimum Gasteiger partial charge on any atom is -0.465 e. The van der Waals surface area contributed by atoms with Crippen molar-refractivity contribution in [1.82, 2.24) is 30.8 Å². The number of carbonyl (C=O) groups is 2. The van der Waals surface area contributed by atoms with Gasteiger partial charge in [-0.25, -0.2) is 4.79 Å². The van der Waals surface area contributed by atoms with Crippen LogP contribution in [-0.4, -0.2) is 61.8 Å². The van der Waals surface area contributed by atoms with Crippen LogP contribution >= 0.6 is 0 Å². The fraction of sp³-hybridized carbons (Fsp3) is 0.357. The number of nitrogens with zero attached hydrogens (tertiary/aromatic N) is 4. The molecule has 0 bridgehead atoms. The second kappa shape index (κ2) is 6.42. The molecule has 0 radical (unpaired) electrons. The lowest BCUT2D eigenvalue weighted by Crippen LogP contribution is -2.46. The highest BCUT2D eigenvalue weighted by Gasteiger charge is 2.23. The molecule has 2 heterocycles. The lowest BCUT2D eigenvalue weighted by atomic mass is 10.0. The van der Waals surface area contributed by atoms with Gasteiger partial charge in [-0.2, -0.15) is 5.21 Å². The molecule has 9 nitrogen and oxygen atoms in total. The van der Waals surface area contributed by atoms with Gasteiger partial charge in [0.1, 0.15) is 0 Å². The molecule has 1 aromatic heterocycles. The number of carboxylic acid groups (broad SMARTS) is 1. The van der Waals surface area contributed by atoms with E-state index in [0.717, 1.165) is 0 Å². The maximum Gasteiger partial charge on any atom is 0.407 e. The molecule has 1 aromatic carbocycles. The number of hydrogen-bond donors (Lipinski definition) is 3. The lowest BCUT2D eigenvalue weighted by molar-refractivity contribution is 0.0907. The predicted octanol–water partition coefficient (Wildman–Crippen LogP) is 0.739. The molecule has 3 rings (SSSR count). The number of piperidine rings is 1. The number of benzene rings is 1. The van der Waals surface area contributed by atoms with Crippen LogP contribution in [-0.2, 0) is 0 Å². The molecular weight excluding hydrogens is 300 g/mol. The molecule has 120 valence electrons. The molecule has 0 unspecified atom stereocenters. The fourth-order valence-corrected chi connectivity index (χ4v) is 2.57. The van der Waals surface area contributed by atoms with Crippen LogP contribution in [0.1, 0.15) is 23.2 Å². The highest BCUT2D eigenvalue weighted by molar-refractivity contribution is 5.95. The van der Waals surface area contributed by atoms with Crippen LogP contribution in [0.2, 0.25) is 0 Å². The van der Waals surface area contributed by atoms with E-state index in [0.29, 0.717) is 42.9 Å². The van der Waals surface area contributed by atoms with Crippen LogP contribution in [0.5, 0.6) is 0 Å². The number of hydrogen-bond acceptors (Lipinski definition) is 5. The van der Waals surface area contributed by atoms with Crippen molar-refractivity contribution in [2.45, 2.75) is 18.9 Å². The van der Waals surface area contributed by atoms with Gasteiger partial charge in [-0.1, -0.05) is 12.1 Å². The zero-order chi connectivity index (χ0) is 16.2. The molecule has 2 amide bonds. The minimum absolute atomic E-state index is 0.0214. The average Bonchev–Trinajstić information content (AvgIpc) is 3.10. The molecule has 1 fully saturated rings. The second-order valence-corrected chi connectivity index (χ2v) is 5.33. The highest BCUT2D eigenvalue weighted by atomic mass is 16.4. The second-order valence-electron chi connectivity index (χ2n) is 5.33. The summed E-state index contributed by atoms with van der Waals surface area (Å²) >= 11 is 0. The van der Waals surface area contributed by atoms with E-state index >= 15 is 0 Å². The van der Waals surface area contributed by atoms with E-state index in [4.69, 9.17) is 5.11 Å². The monoisotopic (exact) mass is 316 g/mol. The van der Waals surface area contributed by atoms with Gasteiger partial charge in [-0.3, -0.25) is 4.79 Å². The van der Waals surface area contributed by atoms with E-state index in [1.807, 2.05) is 0 Å². The Morgan fingerprint density at radius 2 is 2.09 bits per heavy atom. The van der Waals surface area contributed by atoms with Gasteiger partial charge in [0.2, 0.25) is 5.82 Å². The minimum atomic E-state index is -0.914. The Morgan fingerprint density at radius 3 is 2.74 bits per heavy atom. The Kier molecular flexibility index (Phi) is 4.18. The van der Waals surface area contributed by atoms with Gasteiger partial charge in [0.25, 0.3) is 5.91 Å². The topological polar surface area (TPSA) is 124 Å². The van der Waals surface area contributed by atoms with Crippen molar-refractivity contribution in [2.75, 3.05) is 13.1 Å². The largest absolute Gasteiger partial charge is 0.465 e. The first-order valence-corrected chi connectivity index (χ1v) is 7.26. The Hall–Kier alpha value is -2.97. The number of aromatic nitrogens is 4. The highest BCUT2D eigenvalue weighted by Crippen LogP contribution is 2.16. The summed E-state index contributed by atoms with van der Waals surface area (Å²) in [5, 5.41) is 25.5. The number of H-pyrrole nitrogens is 1. The smallest absolute Gasteiger partial charge is 0.407 e. The first-order chi connectivity index (χ1) is 11.1. The lowest BCUT2D eigenvalue weighted by Gasteiger charge is -2.30. The molecule has 1 aliphatic rings. The van der Waals surface area contributed by atoms with Crippen LogP contribution in [0.25, 0.3) is 11.4 Å². The Balaban J connectivity index is 1.63. The van der Waals surface area contributed by atoms with Crippen molar-refractivity contribution in [3.8, 4) is 11.4 Å². The summed E-state index contributed by atoms with van der Waals surface area (Å²) in [6.45, 7) is 0.867. The van der Waals surface area contributed by atoms with E-state index in [2.05, 4.69) is 25.9 Å². The van der Waals surface area contributed by atoms with Crippen molar-refractivity contribution in [3.05, 3.63) is 29.8 Å². The Bertz CT molecular complexity index is 694. The van der Waals surface area contributed by atoms with Crippen molar-refractivity contribution in [2.24, 2.45) is 0 Å². The van der Waals surface area contributed by atoms with E-state index < -0.39 is 6.09 Å². The molecule has 1 aliphatic heterocycles. The molecule has 0 atom stereocenters. The fourth-order valence-electron chi connectivity index (χ4n) is 2.57. The van der Waals surface area contributed by atoms with Gasteiger partial charge in [0.15, 0.2) is 0 Å². The summed E-state index contributed by atoms with van der Waals surface area (Å²) in [5.74, 6) is 0.235. The quantitative estimate of drug-likeness (QED) is 0.767. The van der Waals surface area contributed by atoms with Crippen LogP contribution < -0.4 is 5.32 Å². The van der Waals surface area contributed by atoms with Crippen molar-refractivity contribution >= 4 is 12.0 Å². The molecular formula is C14H16N6O3. The van der Waals surface area contributed by atoms with Gasteiger partial charge in [-0.05, 0) is 30.2 Å². The standard InChI is InChI=1S/C14H16N6O3/c21-13(15-11-4-6-20(7-5-11)14(22)23)10-3-1-2-9(8-10)12-16-18-19-17-12/h1-3,8,11H,4-7H2,(H,15,21)(H,22,23)(H,16,17,18,19). The van der Waals surface area contributed by atoms with Crippen LogP contribution in [0.15, 0.2) is 24.3 Å². The first kappa shape index (κ1) is 14.9. The number of tetrazole rings is 1. The summed E-state index contributed by atoms with van der Waals surface area (Å²) in [5.41, 5.74) is 1.21. The third-order valence-electron chi connectivity index (χ3n) is 3.83. The number of aromatic amines is 1. The van der Waals surface area contributed by atoms with Crippen molar-refractivity contribution in [1.29, 1.82) is 0 Å². The van der Waals surface area contributed by atoms with Crippen molar-refractivity contribution < 1.29 is 14.7 Å². The van der Waals surface area contributed by atoms with Crippen LogP contribution in [0, 0.1) is 0 Å². The summed E-state index contributed by atoms with van der Waals surface area (Å²) in [4.78, 5) is 24.6. The maximum atomic E-state index is 12.3. The molecule has 23 heavy (non-hydrogen) atoms. The summed E-state index contributed by atoms with van der Waals surface area (Å²) in [7, 11) is 0. The number of carbonyl (C=O) groups excluding carboxylic acids is 1. The number of rotatable bonds is 3. The number of nitrogens with one attached hydrogen (secondary N) is 2. The van der Waals surface area contributed by atoms with Crippen LogP contribution in [0.4, 0.5) is 4.79 Å². The SMILES string of the molecule is O=C(NC1CCN(C(=O)O)CC1)c1cccc(-c2nn[nH]n2)c1. The van der Waals surface area contributed by atoms with E-state index in [1.165, 1.54) is 4.90 Å². The Morgan fingerprint density at radius 1 is 1.30 bits per heavy atom. The summed E-state index contributed by atoms with van der Waals surface area (Å²) in [6, 6.07) is 6.95. The molecule has 2 aromatic rings. The summed E-state index contributed by atoms with van der Waals surface area (Å²) < 4.78 is 0. The Labute approximate surface area is 131 Å². The molecule has 1 saturated heterocycles. The van der Waals surface area contributed by atoms with Crippen molar-refractivity contribution in [3.63, 3.8) is 0 Å². The number of likely N-dealkylation sites (tertiary alicyclic amines) is 1.